The molecule has 23 heavy (non-hydrogen) atoms. The van der Waals surface area contributed by atoms with E-state index in [4.69, 9.17) is 0 Å². The minimum atomic E-state index is 0.0369. The molecule has 4 rings (SSSR count). The molecule has 0 aromatic heterocycles. The third-order valence-corrected chi connectivity index (χ3v) is 5.28. The highest BCUT2D eigenvalue weighted by Crippen LogP contribution is 2.48. The average molecular weight is 306 g/mol. The topological polar surface area (TPSA) is 32.3 Å². The largest absolute Gasteiger partial charge is 0.337 e. The van der Waals surface area contributed by atoms with Crippen LogP contribution in [-0.2, 0) is 11.8 Å². The molecule has 1 N–H and O–H groups in total. The number of benzene rings is 2. The van der Waals surface area contributed by atoms with Crippen molar-refractivity contribution in [2.24, 2.45) is 0 Å². The summed E-state index contributed by atoms with van der Waals surface area (Å²) in [6.45, 7) is 3.67. The Hall–Kier alpha value is -2.29. The van der Waals surface area contributed by atoms with Crippen LogP contribution in [0.5, 0.6) is 0 Å². The average Bonchev–Trinajstić information content (AvgIpc) is 3.24. The van der Waals surface area contributed by atoms with Crippen LogP contribution in [0, 0.1) is 6.92 Å². The van der Waals surface area contributed by atoms with Gasteiger partial charge in [-0.15, -0.1) is 0 Å². The summed E-state index contributed by atoms with van der Waals surface area (Å²) in [4.78, 5) is 14.5. The SMILES string of the molecule is Cc1ccccc1C1(CNC(=O)N2CCc3ccccc32)CC1. The van der Waals surface area contributed by atoms with Gasteiger partial charge in [0.25, 0.3) is 0 Å². The molecule has 2 amide bonds. The number of hydrogen-bond donors (Lipinski definition) is 1. The van der Waals surface area contributed by atoms with Crippen molar-refractivity contribution < 1.29 is 4.79 Å². The Balaban J connectivity index is 1.46. The second kappa shape index (κ2) is 5.41. The number of hydrogen-bond acceptors (Lipinski definition) is 1. The van der Waals surface area contributed by atoms with Crippen LogP contribution in [0.15, 0.2) is 48.5 Å². The first-order chi connectivity index (χ1) is 11.2. The third kappa shape index (κ3) is 2.50. The van der Waals surface area contributed by atoms with E-state index in [1.54, 1.807) is 0 Å². The molecular weight excluding hydrogens is 284 g/mol. The van der Waals surface area contributed by atoms with Crippen molar-refractivity contribution in [3.63, 3.8) is 0 Å². The van der Waals surface area contributed by atoms with Crippen molar-refractivity contribution in [1.82, 2.24) is 5.32 Å². The summed E-state index contributed by atoms with van der Waals surface area (Å²) >= 11 is 0. The van der Waals surface area contributed by atoms with E-state index in [0.29, 0.717) is 0 Å². The molecule has 0 unspecified atom stereocenters. The minimum absolute atomic E-state index is 0.0369. The quantitative estimate of drug-likeness (QED) is 0.919. The Bertz CT molecular complexity index is 749. The van der Waals surface area contributed by atoms with Crippen molar-refractivity contribution >= 4 is 11.7 Å². The van der Waals surface area contributed by atoms with Crippen LogP contribution in [0.2, 0.25) is 0 Å². The molecule has 1 fully saturated rings. The fourth-order valence-electron chi connectivity index (χ4n) is 3.75. The molecule has 3 heteroatoms. The normalized spacial score (nSPS) is 17.7. The van der Waals surface area contributed by atoms with Crippen LogP contribution in [0.25, 0.3) is 0 Å². The molecule has 3 nitrogen and oxygen atoms in total. The van der Waals surface area contributed by atoms with Crippen LogP contribution in [0.3, 0.4) is 0 Å². The zero-order valence-corrected chi connectivity index (χ0v) is 13.5. The lowest BCUT2D eigenvalue weighted by molar-refractivity contribution is 0.245. The van der Waals surface area contributed by atoms with Gasteiger partial charge in [-0.1, -0.05) is 42.5 Å². The number of nitrogens with one attached hydrogen (secondary N) is 1. The summed E-state index contributed by atoms with van der Waals surface area (Å²) in [5.74, 6) is 0. The van der Waals surface area contributed by atoms with Crippen LogP contribution in [0.4, 0.5) is 10.5 Å². The fraction of sp³-hybridized carbons (Fsp3) is 0.350. The Morgan fingerprint density at radius 3 is 2.65 bits per heavy atom. The molecule has 1 saturated carbocycles. The molecule has 0 spiro atoms. The maximum Gasteiger partial charge on any atom is 0.321 e. The minimum Gasteiger partial charge on any atom is -0.337 e. The molecule has 0 radical (unpaired) electrons. The van der Waals surface area contributed by atoms with Crippen molar-refractivity contribution in [3.8, 4) is 0 Å². The standard InChI is InChI=1S/C20H22N2O/c1-15-6-2-4-8-17(15)20(11-12-20)14-21-19(23)22-13-10-16-7-3-5-9-18(16)22/h2-9H,10-14H2,1H3,(H,21,23). The van der Waals surface area contributed by atoms with Crippen molar-refractivity contribution in [2.75, 3.05) is 18.0 Å². The maximum atomic E-state index is 12.6. The second-order valence-corrected chi connectivity index (χ2v) is 6.78. The summed E-state index contributed by atoms with van der Waals surface area (Å²) in [5, 5.41) is 3.18. The Morgan fingerprint density at radius 2 is 1.87 bits per heavy atom. The number of urea groups is 1. The highest BCUT2D eigenvalue weighted by molar-refractivity contribution is 5.94. The molecule has 118 valence electrons. The van der Waals surface area contributed by atoms with Gasteiger partial charge in [-0.3, -0.25) is 4.90 Å². The van der Waals surface area contributed by atoms with E-state index in [9.17, 15) is 4.79 Å². The number of carbonyl (C=O) groups excluding carboxylic acids is 1. The van der Waals surface area contributed by atoms with E-state index in [1.165, 1.54) is 16.7 Å². The fourth-order valence-corrected chi connectivity index (χ4v) is 3.75. The lowest BCUT2D eigenvalue weighted by Crippen LogP contribution is -2.42. The monoisotopic (exact) mass is 306 g/mol. The first kappa shape index (κ1) is 14.3. The van der Waals surface area contributed by atoms with Crippen LogP contribution in [0.1, 0.15) is 29.5 Å². The number of carbonyl (C=O) groups is 1. The van der Waals surface area contributed by atoms with Gasteiger partial charge in [0, 0.05) is 24.2 Å². The third-order valence-electron chi connectivity index (χ3n) is 5.28. The maximum absolute atomic E-state index is 12.6. The molecule has 0 atom stereocenters. The number of nitrogens with zero attached hydrogens (tertiary/aromatic N) is 1. The summed E-state index contributed by atoms with van der Waals surface area (Å²) < 4.78 is 0. The van der Waals surface area contributed by atoms with Gasteiger partial charge in [-0.05, 0) is 48.9 Å². The number of aryl methyl sites for hydroxylation is 1. The molecule has 1 aliphatic heterocycles. The van der Waals surface area contributed by atoms with Gasteiger partial charge in [0.05, 0.1) is 0 Å². The molecule has 2 aromatic rings. The molecule has 2 aliphatic rings. The highest BCUT2D eigenvalue weighted by atomic mass is 16.2. The summed E-state index contributed by atoms with van der Waals surface area (Å²) in [6, 6.07) is 16.8. The van der Waals surface area contributed by atoms with Crippen molar-refractivity contribution in [3.05, 3.63) is 65.2 Å². The van der Waals surface area contributed by atoms with Gasteiger partial charge in [0.1, 0.15) is 0 Å². The number of rotatable bonds is 3. The van der Waals surface area contributed by atoms with Gasteiger partial charge >= 0.3 is 6.03 Å². The van der Waals surface area contributed by atoms with Gasteiger partial charge < -0.3 is 5.32 Å². The molecule has 1 heterocycles. The molecule has 0 bridgehead atoms. The smallest absolute Gasteiger partial charge is 0.321 e. The number of amides is 2. The van der Waals surface area contributed by atoms with Gasteiger partial charge in [-0.25, -0.2) is 4.79 Å². The van der Waals surface area contributed by atoms with Gasteiger partial charge in [-0.2, -0.15) is 0 Å². The summed E-state index contributed by atoms with van der Waals surface area (Å²) in [6.07, 6.45) is 3.27. The predicted molar refractivity (Wildman–Crippen MR) is 93.0 cm³/mol. The highest BCUT2D eigenvalue weighted by Gasteiger charge is 2.45. The molecule has 0 saturated heterocycles. The first-order valence-corrected chi connectivity index (χ1v) is 8.39. The van der Waals surface area contributed by atoms with E-state index >= 15 is 0 Å². The van der Waals surface area contributed by atoms with Crippen molar-refractivity contribution in [1.29, 1.82) is 0 Å². The van der Waals surface area contributed by atoms with E-state index in [2.05, 4.69) is 42.6 Å². The zero-order chi connectivity index (χ0) is 15.9. The molecular formula is C20H22N2O. The Morgan fingerprint density at radius 1 is 1.13 bits per heavy atom. The molecule has 1 aliphatic carbocycles. The molecule has 2 aromatic carbocycles. The second-order valence-electron chi connectivity index (χ2n) is 6.78. The van der Waals surface area contributed by atoms with E-state index in [1.807, 2.05) is 23.1 Å². The van der Waals surface area contributed by atoms with Crippen LogP contribution >= 0.6 is 0 Å². The first-order valence-electron chi connectivity index (χ1n) is 8.39. The predicted octanol–water partition coefficient (Wildman–Crippen LogP) is 3.80. The Kier molecular flexibility index (Phi) is 3.37. The lowest BCUT2D eigenvalue weighted by Gasteiger charge is -2.22. The number of anilines is 1. The van der Waals surface area contributed by atoms with Crippen molar-refractivity contribution in [2.45, 2.75) is 31.6 Å². The van der Waals surface area contributed by atoms with Gasteiger partial charge in [0.2, 0.25) is 0 Å². The van der Waals surface area contributed by atoms with Crippen LogP contribution in [-0.4, -0.2) is 19.1 Å². The summed E-state index contributed by atoms with van der Waals surface area (Å²) in [7, 11) is 0. The zero-order valence-electron chi connectivity index (χ0n) is 13.5. The van der Waals surface area contributed by atoms with E-state index in [-0.39, 0.29) is 11.4 Å². The number of para-hydroxylation sites is 1. The van der Waals surface area contributed by atoms with E-state index in [0.717, 1.165) is 38.0 Å². The van der Waals surface area contributed by atoms with Crippen LogP contribution < -0.4 is 10.2 Å². The lowest BCUT2D eigenvalue weighted by atomic mass is 9.92. The Labute approximate surface area is 137 Å². The number of fused-ring (bicyclic) bond motifs is 1. The van der Waals surface area contributed by atoms with Gasteiger partial charge in [0.15, 0.2) is 0 Å². The van der Waals surface area contributed by atoms with E-state index < -0.39 is 0 Å². The summed E-state index contributed by atoms with van der Waals surface area (Å²) in [5.41, 5.74) is 5.20.